The summed E-state index contributed by atoms with van der Waals surface area (Å²) in [6.07, 6.45) is 6.81. The van der Waals surface area contributed by atoms with Crippen molar-refractivity contribution in [3.05, 3.63) is 64.7 Å². The monoisotopic (exact) mass is 752 g/mol. The van der Waals surface area contributed by atoms with Crippen LogP contribution < -0.4 is 21.5 Å². The maximum atomic E-state index is 13.6. The number of hydrogen-bond acceptors (Lipinski definition) is 9. The van der Waals surface area contributed by atoms with E-state index in [-0.39, 0.29) is 29.7 Å². The molecular formula is C44H56N4O7. The number of fused-ring (bicyclic) bond motifs is 3. The Hall–Kier alpha value is -4.63. The van der Waals surface area contributed by atoms with Crippen LogP contribution in [0.5, 0.6) is 17.2 Å². The van der Waals surface area contributed by atoms with Gasteiger partial charge in [-0.2, -0.15) is 0 Å². The van der Waals surface area contributed by atoms with Crippen LogP contribution in [0.1, 0.15) is 105 Å². The molecule has 0 amide bonds. The third kappa shape index (κ3) is 10.2. The van der Waals surface area contributed by atoms with Crippen molar-refractivity contribution >= 4 is 28.3 Å². The van der Waals surface area contributed by atoms with E-state index in [0.717, 1.165) is 66.1 Å². The number of aliphatic hydroxyl groups excluding tert-OH is 2. The van der Waals surface area contributed by atoms with Crippen molar-refractivity contribution < 1.29 is 34.8 Å². The zero-order valence-corrected chi connectivity index (χ0v) is 31.8. The first kappa shape index (κ1) is 40.0. The highest BCUT2D eigenvalue weighted by Gasteiger charge is 2.34. The number of carbonyl (C=O) groups is 2. The van der Waals surface area contributed by atoms with Crippen LogP contribution in [0.2, 0.25) is 0 Å². The summed E-state index contributed by atoms with van der Waals surface area (Å²) in [5.41, 5.74) is 14.3. The van der Waals surface area contributed by atoms with E-state index in [9.17, 15) is 30.0 Å². The maximum absolute atomic E-state index is 13.6. The van der Waals surface area contributed by atoms with Crippen LogP contribution in [0.25, 0.3) is 10.8 Å². The largest absolute Gasteiger partial charge is 0.508 e. The van der Waals surface area contributed by atoms with Crippen LogP contribution >= 0.6 is 0 Å². The van der Waals surface area contributed by atoms with Gasteiger partial charge in [0.15, 0.2) is 23.2 Å². The number of carbonyl (C=O) groups excluding carboxylic acids is 2. The van der Waals surface area contributed by atoms with Gasteiger partial charge in [0.2, 0.25) is 0 Å². The van der Waals surface area contributed by atoms with Gasteiger partial charge in [-0.15, -0.1) is 0 Å². The summed E-state index contributed by atoms with van der Waals surface area (Å²) in [6.45, 7) is 1.27. The number of nitrogens with zero attached hydrogens (tertiary/aromatic N) is 1. The van der Waals surface area contributed by atoms with Gasteiger partial charge < -0.3 is 41.9 Å². The number of aliphatic hydroxyl groups is 2. The van der Waals surface area contributed by atoms with Crippen LogP contribution in [0.4, 0.5) is 0 Å². The lowest BCUT2D eigenvalue weighted by Gasteiger charge is -2.39. The molecule has 7 unspecified atom stereocenters. The summed E-state index contributed by atoms with van der Waals surface area (Å²) in [5.74, 6) is 7.01. The standard InChI is InChI=1S/C44H56N4O7/c1-55-43-21-29-10-15-41(53)35(40(52)5-3-2-4-26-18-31-7-12-34(50)23-38(31)48-25-26)13-8-27(37(29)24-42(43)54)9-14-39(51)32-19-28-6-11-33(49)22-36(28)30(20-32)16-17-47-44(45)46/h6,11,19-22,24,26-27,31,35,38-40,48-49,51-52,54H,2-5,7,9-10,12,14-18,23,25H2,1H3,(H4,45,46,47). The molecule has 3 aromatic rings. The molecule has 0 spiro atoms. The second-order valence-corrected chi connectivity index (χ2v) is 15.8. The molecular weight excluding hydrogens is 697 g/mol. The van der Waals surface area contributed by atoms with E-state index in [4.69, 9.17) is 16.2 Å². The Morgan fingerprint density at radius 1 is 1.00 bits per heavy atom. The van der Waals surface area contributed by atoms with Crippen molar-refractivity contribution in [1.29, 1.82) is 0 Å². The molecule has 2 fully saturated rings. The van der Waals surface area contributed by atoms with Crippen LogP contribution in [0.3, 0.4) is 0 Å². The van der Waals surface area contributed by atoms with Crippen LogP contribution in [0, 0.1) is 29.6 Å². The number of aromatic hydroxyl groups is 2. The molecule has 1 saturated heterocycles. The Bertz CT molecular complexity index is 1950. The molecule has 11 heteroatoms. The van der Waals surface area contributed by atoms with E-state index < -0.39 is 24.0 Å². The topological polar surface area (TPSA) is 201 Å². The quantitative estimate of drug-likeness (QED) is 0.0505. The number of phenols is 2. The third-order valence-corrected chi connectivity index (χ3v) is 11.9. The summed E-state index contributed by atoms with van der Waals surface area (Å²) in [7, 11) is 1.48. The molecule has 1 saturated carbocycles. The maximum Gasteiger partial charge on any atom is 0.185 e. The first-order valence-corrected chi connectivity index (χ1v) is 19.8. The van der Waals surface area contributed by atoms with E-state index in [1.807, 2.05) is 18.2 Å². The number of nitrogens with two attached hydrogens (primary N) is 2. The number of unbranched alkanes of at least 4 members (excludes halogenated alkanes) is 1. The van der Waals surface area contributed by atoms with E-state index in [1.165, 1.54) is 7.11 Å². The fourth-order valence-corrected chi connectivity index (χ4v) is 8.86. The summed E-state index contributed by atoms with van der Waals surface area (Å²) < 4.78 is 5.41. The number of rotatable bonds is 14. The van der Waals surface area contributed by atoms with E-state index in [0.29, 0.717) is 86.5 Å². The highest BCUT2D eigenvalue weighted by molar-refractivity contribution is 5.88. The fourth-order valence-electron chi connectivity index (χ4n) is 8.86. The average Bonchev–Trinajstić information content (AvgIpc) is 3.22. The number of phenolic OH excluding ortho intramolecular Hbond substituents is 2. The van der Waals surface area contributed by atoms with Crippen molar-refractivity contribution in [2.75, 3.05) is 20.2 Å². The highest BCUT2D eigenvalue weighted by Crippen LogP contribution is 2.39. The highest BCUT2D eigenvalue weighted by atomic mass is 16.5. The predicted molar refractivity (Wildman–Crippen MR) is 213 cm³/mol. The van der Waals surface area contributed by atoms with Crippen molar-refractivity contribution in [2.45, 2.75) is 108 Å². The molecule has 11 nitrogen and oxygen atoms in total. The van der Waals surface area contributed by atoms with E-state index >= 15 is 0 Å². The molecule has 1 aliphatic heterocycles. The second-order valence-electron chi connectivity index (χ2n) is 15.8. The summed E-state index contributed by atoms with van der Waals surface area (Å²) in [4.78, 5) is 29.6. The molecule has 3 aliphatic rings. The molecule has 0 aromatic heterocycles. The van der Waals surface area contributed by atoms with Crippen LogP contribution in [-0.4, -0.2) is 70.3 Å². The molecule has 7 atom stereocenters. The van der Waals surface area contributed by atoms with Gasteiger partial charge >= 0.3 is 0 Å². The lowest BCUT2D eigenvalue weighted by atomic mass is 9.74. The summed E-state index contributed by atoms with van der Waals surface area (Å²) >= 11 is 0. The molecule has 0 bridgehead atoms. The average molecular weight is 753 g/mol. The Kier molecular flexibility index (Phi) is 13.4. The number of benzene rings is 3. The molecule has 3 aromatic carbocycles. The Balaban J connectivity index is 1.16. The van der Waals surface area contributed by atoms with E-state index in [2.05, 4.69) is 22.2 Å². The van der Waals surface area contributed by atoms with Crippen molar-refractivity contribution in [3.8, 4) is 29.1 Å². The number of aryl methyl sites for hydroxylation is 1. The minimum atomic E-state index is -0.900. The summed E-state index contributed by atoms with van der Waals surface area (Å²) in [5, 5.41) is 49.3. The number of hydrogen-bond donors (Lipinski definition) is 7. The Labute approximate surface area is 323 Å². The van der Waals surface area contributed by atoms with Gasteiger partial charge in [-0.1, -0.05) is 36.8 Å². The number of methoxy groups -OCH3 is 1. The van der Waals surface area contributed by atoms with Crippen molar-refractivity contribution in [2.24, 2.45) is 34.2 Å². The zero-order chi connectivity index (χ0) is 39.1. The van der Waals surface area contributed by atoms with Gasteiger partial charge in [-0.05, 0) is 133 Å². The normalized spacial score (nSPS) is 23.6. The van der Waals surface area contributed by atoms with Gasteiger partial charge in [-0.3, -0.25) is 14.6 Å². The van der Waals surface area contributed by atoms with Crippen molar-refractivity contribution in [1.82, 2.24) is 5.32 Å². The molecule has 0 radical (unpaired) electrons. The number of piperidine rings is 1. The minimum Gasteiger partial charge on any atom is -0.508 e. The smallest absolute Gasteiger partial charge is 0.185 e. The third-order valence-electron chi connectivity index (χ3n) is 11.9. The van der Waals surface area contributed by atoms with Gasteiger partial charge in [0, 0.05) is 37.8 Å². The molecule has 55 heavy (non-hydrogen) atoms. The number of aliphatic imine (C=N–C) groups is 1. The van der Waals surface area contributed by atoms with Crippen molar-refractivity contribution in [3.63, 3.8) is 0 Å². The van der Waals surface area contributed by atoms with Gasteiger partial charge in [0.25, 0.3) is 0 Å². The lowest BCUT2D eigenvalue weighted by Crippen LogP contribution is -2.48. The molecule has 9 N–H and O–H groups in total. The Morgan fingerprint density at radius 2 is 1.84 bits per heavy atom. The van der Waals surface area contributed by atoms with Gasteiger partial charge in [-0.25, -0.2) is 0 Å². The minimum absolute atomic E-state index is 0.00886. The van der Waals surface area contributed by atoms with E-state index in [1.54, 1.807) is 24.3 Å². The molecule has 2 aliphatic carbocycles. The molecule has 1 heterocycles. The second kappa shape index (κ2) is 18.3. The lowest BCUT2D eigenvalue weighted by molar-refractivity contribution is -0.124. The van der Waals surface area contributed by atoms with Crippen LogP contribution in [0.15, 0.2) is 47.5 Å². The SMILES string of the molecule is COc1cc2c(cc1O)C(CCC(O)c1cc(CCN=C(N)N)c3cc(O)ccc3c1)C#CC(C(O)CCCCC1CNC3CC(=O)CCC3C1)C(=O)CC2. The number of ketones is 2. The molecule has 6 rings (SSSR count). The molecule has 294 valence electrons. The first-order valence-electron chi connectivity index (χ1n) is 19.8. The summed E-state index contributed by atoms with van der Waals surface area (Å²) in [6, 6.07) is 12.7. The first-order chi connectivity index (χ1) is 26.5. The zero-order valence-electron chi connectivity index (χ0n) is 31.8. The number of guanidine groups is 1. The predicted octanol–water partition coefficient (Wildman–Crippen LogP) is 5.08. The Morgan fingerprint density at radius 3 is 2.64 bits per heavy atom. The number of ether oxygens (including phenoxy) is 1. The van der Waals surface area contributed by atoms with Gasteiger partial charge in [0.1, 0.15) is 17.5 Å². The van der Waals surface area contributed by atoms with Crippen LogP contribution in [-0.2, 0) is 22.4 Å². The van der Waals surface area contributed by atoms with Gasteiger partial charge in [0.05, 0.1) is 19.3 Å². The fraction of sp³-hybridized carbons (Fsp3) is 0.523. The number of Topliss-reactive ketones (excluding diaryl/α,β-unsaturated/α-hetero) is 2. The number of nitrogens with one attached hydrogen (secondary N) is 1.